The highest BCUT2D eigenvalue weighted by Gasteiger charge is 2.16. The predicted molar refractivity (Wildman–Crippen MR) is 124 cm³/mol. The Hall–Kier alpha value is -3.69. The molecule has 162 valence electrons. The quantitative estimate of drug-likeness (QED) is 0.398. The number of nitrogens with zero attached hydrogens (tertiary/aromatic N) is 1. The molecule has 1 aromatic carbocycles. The van der Waals surface area contributed by atoms with E-state index < -0.39 is 11.5 Å². The second kappa shape index (κ2) is 9.21. The molecule has 0 bridgehead atoms. The molecule has 0 spiro atoms. The molecular weight excluding hydrogens is 452 g/mol. The van der Waals surface area contributed by atoms with E-state index in [4.69, 9.17) is 16.3 Å². The van der Waals surface area contributed by atoms with Crippen molar-refractivity contribution in [3.8, 4) is 5.88 Å². The van der Waals surface area contributed by atoms with E-state index in [2.05, 4.69) is 20.6 Å². The number of thiophene rings is 1. The lowest BCUT2D eigenvalue weighted by Crippen LogP contribution is -2.24. The molecule has 0 saturated heterocycles. The fraction of sp³-hybridized carbons (Fsp3) is 0.0909. The second-order valence-electron chi connectivity index (χ2n) is 6.74. The number of anilines is 1. The summed E-state index contributed by atoms with van der Waals surface area (Å²) in [6.45, 7) is 0.395. The molecule has 0 unspecified atom stereocenters. The second-order valence-corrected chi connectivity index (χ2v) is 8.18. The number of hydrogen-bond donors (Lipinski definition) is 3. The fourth-order valence-corrected chi connectivity index (χ4v) is 3.80. The number of nitrogens with one attached hydrogen (secondary N) is 3. The molecule has 2 amide bonds. The maximum absolute atomic E-state index is 12.8. The van der Waals surface area contributed by atoms with Gasteiger partial charge in [-0.1, -0.05) is 17.7 Å². The van der Waals surface area contributed by atoms with E-state index in [1.165, 1.54) is 42.8 Å². The summed E-state index contributed by atoms with van der Waals surface area (Å²) in [5.41, 5.74) is 0.330. The Morgan fingerprint density at radius 2 is 2.03 bits per heavy atom. The minimum Gasteiger partial charge on any atom is -0.481 e. The van der Waals surface area contributed by atoms with E-state index in [1.54, 1.807) is 12.1 Å². The van der Waals surface area contributed by atoms with Crippen LogP contribution in [0.1, 0.15) is 25.6 Å². The number of carbonyl (C=O) groups excluding carboxylic acids is 2. The first kappa shape index (κ1) is 21.5. The summed E-state index contributed by atoms with van der Waals surface area (Å²) in [7, 11) is 1.47. The summed E-state index contributed by atoms with van der Waals surface area (Å²) in [6, 6.07) is 11.4. The molecule has 0 radical (unpaired) electrons. The molecule has 0 fully saturated rings. The summed E-state index contributed by atoms with van der Waals surface area (Å²) in [5, 5.41) is 8.14. The van der Waals surface area contributed by atoms with Crippen LogP contribution in [0.4, 0.5) is 5.69 Å². The molecule has 0 aliphatic rings. The third kappa shape index (κ3) is 4.63. The van der Waals surface area contributed by atoms with Crippen LogP contribution in [-0.2, 0) is 6.54 Å². The largest absolute Gasteiger partial charge is 0.481 e. The zero-order valence-electron chi connectivity index (χ0n) is 16.8. The van der Waals surface area contributed by atoms with Gasteiger partial charge in [-0.3, -0.25) is 14.4 Å². The molecular formula is C22H17ClN4O4S. The van der Waals surface area contributed by atoms with Gasteiger partial charge in [0.2, 0.25) is 5.88 Å². The fourth-order valence-electron chi connectivity index (χ4n) is 3.00. The van der Waals surface area contributed by atoms with Gasteiger partial charge < -0.3 is 20.4 Å². The van der Waals surface area contributed by atoms with Crippen molar-refractivity contribution in [3.63, 3.8) is 0 Å². The van der Waals surface area contributed by atoms with Gasteiger partial charge in [0, 0.05) is 28.1 Å². The number of halogens is 1. The van der Waals surface area contributed by atoms with Crippen LogP contribution in [-0.4, -0.2) is 28.9 Å². The Kier molecular flexibility index (Phi) is 6.20. The molecule has 8 nitrogen and oxygen atoms in total. The van der Waals surface area contributed by atoms with Gasteiger partial charge in [-0.15, -0.1) is 11.3 Å². The van der Waals surface area contributed by atoms with Gasteiger partial charge in [-0.2, -0.15) is 0 Å². The summed E-state index contributed by atoms with van der Waals surface area (Å²) in [5.74, 6) is -0.637. The monoisotopic (exact) mass is 468 g/mol. The van der Waals surface area contributed by atoms with Crippen LogP contribution in [0.3, 0.4) is 0 Å². The number of amides is 2. The molecule has 0 atom stereocenters. The predicted octanol–water partition coefficient (Wildman–Crippen LogP) is 3.83. The number of aromatic nitrogens is 2. The number of benzene rings is 1. The van der Waals surface area contributed by atoms with Gasteiger partial charge in [0.1, 0.15) is 5.56 Å². The van der Waals surface area contributed by atoms with Crippen LogP contribution in [0, 0.1) is 0 Å². The van der Waals surface area contributed by atoms with E-state index in [0.29, 0.717) is 28.9 Å². The minimum atomic E-state index is -0.665. The number of ether oxygens (including phenoxy) is 1. The van der Waals surface area contributed by atoms with Crippen molar-refractivity contribution < 1.29 is 14.3 Å². The number of pyridine rings is 2. The number of hydrogen-bond acceptors (Lipinski definition) is 6. The zero-order valence-corrected chi connectivity index (χ0v) is 18.3. The van der Waals surface area contributed by atoms with Gasteiger partial charge >= 0.3 is 0 Å². The highest BCUT2D eigenvalue weighted by atomic mass is 35.5. The highest BCUT2D eigenvalue weighted by Crippen LogP contribution is 2.24. The van der Waals surface area contributed by atoms with E-state index in [9.17, 15) is 14.4 Å². The van der Waals surface area contributed by atoms with Crippen molar-refractivity contribution in [2.24, 2.45) is 0 Å². The topological polar surface area (TPSA) is 113 Å². The van der Waals surface area contributed by atoms with Crippen molar-refractivity contribution in [2.75, 3.05) is 12.4 Å². The van der Waals surface area contributed by atoms with Gasteiger partial charge in [0.15, 0.2) is 0 Å². The number of H-pyrrole nitrogens is 1. The van der Waals surface area contributed by atoms with Crippen molar-refractivity contribution in [1.29, 1.82) is 0 Å². The molecule has 3 N–H and O–H groups in total. The van der Waals surface area contributed by atoms with Crippen LogP contribution in [0.25, 0.3) is 10.9 Å². The molecule has 3 heterocycles. The Labute approximate surface area is 191 Å². The van der Waals surface area contributed by atoms with E-state index in [-0.39, 0.29) is 22.2 Å². The van der Waals surface area contributed by atoms with E-state index in [1.807, 2.05) is 17.5 Å². The summed E-state index contributed by atoms with van der Waals surface area (Å²) < 4.78 is 5.04. The van der Waals surface area contributed by atoms with Gasteiger partial charge in [0.05, 0.1) is 29.9 Å². The first-order valence-corrected chi connectivity index (χ1v) is 10.7. The average Bonchev–Trinajstić information content (AvgIpc) is 3.31. The van der Waals surface area contributed by atoms with Crippen molar-refractivity contribution >= 4 is 51.3 Å². The minimum absolute atomic E-state index is 0.118. The van der Waals surface area contributed by atoms with Crippen molar-refractivity contribution in [3.05, 3.63) is 85.4 Å². The van der Waals surface area contributed by atoms with Crippen LogP contribution in [0.5, 0.6) is 5.88 Å². The van der Waals surface area contributed by atoms with Crippen LogP contribution >= 0.6 is 22.9 Å². The van der Waals surface area contributed by atoms with Crippen molar-refractivity contribution in [2.45, 2.75) is 6.54 Å². The van der Waals surface area contributed by atoms with Crippen molar-refractivity contribution in [1.82, 2.24) is 15.3 Å². The number of carbonyl (C=O) groups is 2. The first-order valence-electron chi connectivity index (χ1n) is 9.43. The molecule has 0 aliphatic heterocycles. The first-order chi connectivity index (χ1) is 15.4. The van der Waals surface area contributed by atoms with Gasteiger partial charge in [-0.25, -0.2) is 4.98 Å². The molecule has 10 heteroatoms. The third-order valence-corrected chi connectivity index (χ3v) is 5.84. The van der Waals surface area contributed by atoms with Gasteiger partial charge in [-0.05, 0) is 35.7 Å². The third-order valence-electron chi connectivity index (χ3n) is 4.64. The summed E-state index contributed by atoms with van der Waals surface area (Å²) in [4.78, 5) is 45.4. The number of methoxy groups -OCH3 is 1. The molecule has 32 heavy (non-hydrogen) atoms. The normalized spacial score (nSPS) is 10.7. The van der Waals surface area contributed by atoms with E-state index in [0.717, 1.165) is 4.88 Å². The lowest BCUT2D eigenvalue weighted by atomic mass is 10.1. The molecule has 3 aromatic heterocycles. The average molecular weight is 469 g/mol. The standard InChI is InChI=1S/C22H17ClN4O4S/c1-31-19-9-17-13(10-24-19)7-15(21(29)26-17)22(30)27-18-8-12(4-5-16(18)23)20(28)25-11-14-3-2-6-32-14/h2-10H,11H2,1H3,(H,25,28)(H,26,29)(H,27,30). The molecule has 4 rings (SSSR count). The Morgan fingerprint density at radius 1 is 1.19 bits per heavy atom. The lowest BCUT2D eigenvalue weighted by Gasteiger charge is -2.10. The molecule has 0 saturated carbocycles. The highest BCUT2D eigenvalue weighted by molar-refractivity contribution is 7.09. The molecule has 4 aromatic rings. The summed E-state index contributed by atoms with van der Waals surface area (Å²) in [6.07, 6.45) is 1.49. The van der Waals surface area contributed by atoms with Crippen LogP contribution < -0.4 is 20.9 Å². The number of aromatic amines is 1. The summed E-state index contributed by atoms with van der Waals surface area (Å²) >= 11 is 7.74. The van der Waals surface area contributed by atoms with Crippen LogP contribution in [0.15, 0.2) is 58.8 Å². The maximum atomic E-state index is 12.8. The zero-order chi connectivity index (χ0) is 22.7. The number of fused-ring (bicyclic) bond motifs is 1. The smallest absolute Gasteiger partial charge is 0.261 e. The molecule has 0 aliphatic carbocycles. The van der Waals surface area contributed by atoms with E-state index >= 15 is 0 Å². The number of rotatable bonds is 6. The Balaban J connectivity index is 1.55. The Bertz CT molecular complexity index is 1370. The Morgan fingerprint density at radius 3 is 2.78 bits per heavy atom. The maximum Gasteiger partial charge on any atom is 0.261 e. The van der Waals surface area contributed by atoms with Gasteiger partial charge in [0.25, 0.3) is 17.4 Å². The lowest BCUT2D eigenvalue weighted by molar-refractivity contribution is 0.0950. The van der Waals surface area contributed by atoms with Crippen LogP contribution in [0.2, 0.25) is 5.02 Å². The SMILES string of the molecule is COc1cc2[nH]c(=O)c(C(=O)Nc3cc(C(=O)NCc4cccs4)ccc3Cl)cc2cn1.